The van der Waals surface area contributed by atoms with Gasteiger partial charge in [0, 0.05) is 31.2 Å². The predicted octanol–water partition coefficient (Wildman–Crippen LogP) is 1.95. The van der Waals surface area contributed by atoms with E-state index in [1.54, 1.807) is 0 Å². The van der Waals surface area contributed by atoms with Crippen molar-refractivity contribution in [3.63, 3.8) is 0 Å². The molecular weight excluding hydrogens is 481 g/mol. The minimum absolute atomic E-state index is 0. The lowest BCUT2D eigenvalue weighted by Crippen LogP contribution is -2.45. The Morgan fingerprint density at radius 1 is 1.21 bits per heavy atom. The van der Waals surface area contributed by atoms with Crippen molar-refractivity contribution in [2.75, 3.05) is 33.7 Å². The summed E-state index contributed by atoms with van der Waals surface area (Å²) >= 11 is 0. The number of aliphatic hydroxyl groups is 1. The second kappa shape index (κ2) is 13.8. The van der Waals surface area contributed by atoms with Gasteiger partial charge in [-0.25, -0.2) is 4.99 Å². The highest BCUT2D eigenvalue weighted by Crippen LogP contribution is 2.18. The second-order valence-corrected chi connectivity index (χ2v) is 7.60. The maximum Gasteiger partial charge on any atom is 0.251 e. The molecule has 0 radical (unpaired) electrons. The van der Waals surface area contributed by atoms with E-state index in [9.17, 15) is 9.90 Å². The average Bonchev–Trinajstić information content (AvgIpc) is 2.68. The lowest BCUT2D eigenvalue weighted by Gasteiger charge is -2.27. The monoisotopic (exact) mass is 517 g/mol. The zero-order chi connectivity index (χ0) is 20.4. The lowest BCUT2D eigenvalue weighted by atomic mass is 9.93. The number of amides is 1. The molecule has 1 saturated carbocycles. The molecule has 0 bridgehead atoms. The molecule has 7 nitrogen and oxygen atoms in total. The largest absolute Gasteiger partial charge is 0.393 e. The molecule has 29 heavy (non-hydrogen) atoms. The van der Waals surface area contributed by atoms with Gasteiger partial charge in [-0.15, -0.1) is 24.0 Å². The van der Waals surface area contributed by atoms with E-state index < -0.39 is 0 Å². The van der Waals surface area contributed by atoms with E-state index in [0.29, 0.717) is 24.7 Å². The van der Waals surface area contributed by atoms with Crippen LogP contribution in [0.15, 0.2) is 29.3 Å². The molecule has 0 aromatic heterocycles. The van der Waals surface area contributed by atoms with Crippen LogP contribution >= 0.6 is 24.0 Å². The van der Waals surface area contributed by atoms with Gasteiger partial charge in [-0.2, -0.15) is 0 Å². The molecule has 0 unspecified atom stereocenters. The van der Waals surface area contributed by atoms with Gasteiger partial charge in [0.25, 0.3) is 5.91 Å². The minimum atomic E-state index is -0.163. The quantitative estimate of drug-likeness (QED) is 0.241. The van der Waals surface area contributed by atoms with Crippen molar-refractivity contribution in [3.05, 3.63) is 35.4 Å². The molecule has 1 aromatic rings. The molecule has 1 aromatic carbocycles. The number of nitrogens with one attached hydrogen (secondary N) is 3. The molecule has 0 atom stereocenters. The number of carbonyl (C=O) groups excluding carboxylic acids is 1. The molecule has 8 heteroatoms. The van der Waals surface area contributed by atoms with Crippen molar-refractivity contribution in [1.82, 2.24) is 20.9 Å². The van der Waals surface area contributed by atoms with Crippen LogP contribution in [0, 0.1) is 0 Å². The first-order chi connectivity index (χ1) is 13.5. The molecule has 164 valence electrons. The number of halogens is 1. The first-order valence-corrected chi connectivity index (χ1v) is 10.2. The Balaban J connectivity index is 0.00000420. The number of aliphatic hydroxyl groups excluding tert-OH is 1. The number of benzene rings is 1. The van der Waals surface area contributed by atoms with Crippen molar-refractivity contribution in [2.24, 2.45) is 4.99 Å². The highest BCUT2D eigenvalue weighted by atomic mass is 127. The number of hydrogen-bond acceptors (Lipinski definition) is 4. The summed E-state index contributed by atoms with van der Waals surface area (Å²) in [4.78, 5) is 19.0. The Kier molecular flexibility index (Phi) is 12.2. The minimum Gasteiger partial charge on any atom is -0.393 e. The summed E-state index contributed by atoms with van der Waals surface area (Å²) in [5.74, 6) is 0.725. The summed E-state index contributed by atoms with van der Waals surface area (Å²) in [5, 5.41) is 19.3. The van der Waals surface area contributed by atoms with Crippen molar-refractivity contribution in [1.29, 1.82) is 0 Å². The van der Waals surface area contributed by atoms with Crippen molar-refractivity contribution in [3.8, 4) is 0 Å². The van der Waals surface area contributed by atoms with Crippen LogP contribution in [0.1, 0.15) is 48.5 Å². The maximum absolute atomic E-state index is 12.3. The Bertz CT molecular complexity index is 646. The van der Waals surface area contributed by atoms with E-state index in [-0.39, 0.29) is 36.0 Å². The molecule has 4 N–H and O–H groups in total. The van der Waals surface area contributed by atoms with E-state index in [1.165, 1.54) is 0 Å². The third-order valence-corrected chi connectivity index (χ3v) is 4.84. The van der Waals surface area contributed by atoms with Crippen LogP contribution in [0.2, 0.25) is 0 Å². The average molecular weight is 517 g/mol. The topological polar surface area (TPSA) is 89.0 Å². The van der Waals surface area contributed by atoms with Gasteiger partial charge in [0.2, 0.25) is 0 Å². The molecule has 1 amide bonds. The van der Waals surface area contributed by atoms with Crippen LogP contribution in [-0.2, 0) is 6.54 Å². The Morgan fingerprint density at radius 3 is 2.59 bits per heavy atom. The second-order valence-electron chi connectivity index (χ2n) is 7.60. The van der Waals surface area contributed by atoms with Gasteiger partial charge in [0.15, 0.2) is 5.96 Å². The van der Waals surface area contributed by atoms with Gasteiger partial charge in [0.1, 0.15) is 0 Å². The van der Waals surface area contributed by atoms with Crippen molar-refractivity contribution in [2.45, 2.75) is 51.3 Å². The Morgan fingerprint density at radius 2 is 1.93 bits per heavy atom. The van der Waals surface area contributed by atoms with Crippen LogP contribution in [0.3, 0.4) is 0 Å². The summed E-state index contributed by atoms with van der Waals surface area (Å²) in [6.07, 6.45) is 3.41. The molecule has 1 aliphatic rings. The third kappa shape index (κ3) is 9.77. The number of nitrogens with zero attached hydrogens (tertiary/aromatic N) is 2. The zero-order valence-electron chi connectivity index (χ0n) is 17.8. The van der Waals surface area contributed by atoms with Crippen LogP contribution in [-0.4, -0.2) is 67.7 Å². The first-order valence-electron chi connectivity index (χ1n) is 10.2. The van der Waals surface area contributed by atoms with E-state index in [2.05, 4.69) is 20.9 Å². The Hall–Kier alpha value is -1.39. The SMILES string of the molecule is CCNC(=NCc1cccc(C(=O)NCCN(C)C)c1)NC1CCC(O)CC1.I. The maximum atomic E-state index is 12.3. The van der Waals surface area contributed by atoms with Crippen LogP contribution in [0.4, 0.5) is 0 Å². The molecule has 1 aliphatic carbocycles. The number of rotatable bonds is 8. The molecule has 0 heterocycles. The zero-order valence-corrected chi connectivity index (χ0v) is 20.1. The van der Waals surface area contributed by atoms with Crippen molar-refractivity contribution < 1.29 is 9.90 Å². The summed E-state index contributed by atoms with van der Waals surface area (Å²) in [6, 6.07) is 7.95. The molecule has 0 aliphatic heterocycles. The highest BCUT2D eigenvalue weighted by molar-refractivity contribution is 14.0. The molecule has 1 fully saturated rings. The Labute approximate surface area is 191 Å². The summed E-state index contributed by atoms with van der Waals surface area (Å²) in [6.45, 7) is 4.77. The summed E-state index contributed by atoms with van der Waals surface area (Å²) in [5.41, 5.74) is 1.65. The predicted molar refractivity (Wildman–Crippen MR) is 129 cm³/mol. The van der Waals surface area contributed by atoms with Gasteiger partial charge in [-0.1, -0.05) is 12.1 Å². The van der Waals surface area contributed by atoms with E-state index in [1.807, 2.05) is 50.2 Å². The first kappa shape index (κ1) is 25.6. The van der Waals surface area contributed by atoms with Gasteiger partial charge < -0.3 is 26.0 Å². The standard InChI is InChI=1S/C21H35N5O2.HI/c1-4-22-21(25-18-8-10-19(27)11-9-18)24-15-16-6-5-7-17(14-16)20(28)23-12-13-26(2)3;/h5-7,14,18-19,27H,4,8-13,15H2,1-3H3,(H,23,28)(H2,22,24,25);1H. The normalized spacial score (nSPS) is 19.4. The van der Waals surface area contributed by atoms with Gasteiger partial charge in [0.05, 0.1) is 12.6 Å². The fourth-order valence-corrected chi connectivity index (χ4v) is 3.21. The van der Waals surface area contributed by atoms with E-state index in [0.717, 1.165) is 50.3 Å². The van der Waals surface area contributed by atoms with E-state index in [4.69, 9.17) is 0 Å². The van der Waals surface area contributed by atoms with Gasteiger partial charge in [-0.05, 0) is 64.4 Å². The fraction of sp³-hybridized carbons (Fsp3) is 0.619. The van der Waals surface area contributed by atoms with E-state index >= 15 is 0 Å². The number of guanidine groups is 1. The highest BCUT2D eigenvalue weighted by Gasteiger charge is 2.19. The third-order valence-electron chi connectivity index (χ3n) is 4.84. The molecule has 2 rings (SSSR count). The van der Waals surface area contributed by atoms with Gasteiger partial charge in [-0.3, -0.25) is 4.79 Å². The van der Waals surface area contributed by atoms with Crippen LogP contribution < -0.4 is 16.0 Å². The summed E-state index contributed by atoms with van der Waals surface area (Å²) in [7, 11) is 3.96. The molecular formula is C21H36IN5O2. The lowest BCUT2D eigenvalue weighted by molar-refractivity contribution is 0.0951. The molecule has 0 spiro atoms. The van der Waals surface area contributed by atoms with Crippen LogP contribution in [0.5, 0.6) is 0 Å². The van der Waals surface area contributed by atoms with Gasteiger partial charge >= 0.3 is 0 Å². The molecule has 0 saturated heterocycles. The number of carbonyl (C=O) groups is 1. The van der Waals surface area contributed by atoms with Crippen LogP contribution in [0.25, 0.3) is 0 Å². The number of aliphatic imine (C=N–C) groups is 1. The fourth-order valence-electron chi connectivity index (χ4n) is 3.21. The number of likely N-dealkylation sites (N-methyl/N-ethyl adjacent to an activating group) is 1. The van der Waals surface area contributed by atoms with Crippen molar-refractivity contribution >= 4 is 35.8 Å². The number of hydrogen-bond donors (Lipinski definition) is 4. The summed E-state index contributed by atoms with van der Waals surface area (Å²) < 4.78 is 0. The smallest absolute Gasteiger partial charge is 0.251 e.